The predicted molar refractivity (Wildman–Crippen MR) is 103 cm³/mol. The lowest BCUT2D eigenvalue weighted by atomic mass is 9.95. The van der Waals surface area contributed by atoms with Crippen molar-refractivity contribution < 1.29 is 14.0 Å². The summed E-state index contributed by atoms with van der Waals surface area (Å²) in [5.74, 6) is 0.0826. The van der Waals surface area contributed by atoms with Crippen LogP contribution in [0.4, 0.5) is 9.52 Å². The van der Waals surface area contributed by atoms with E-state index in [9.17, 15) is 14.0 Å². The topological polar surface area (TPSA) is 56.8 Å². The molecule has 2 saturated heterocycles. The minimum atomic E-state index is -0.244. The summed E-state index contributed by atoms with van der Waals surface area (Å²) in [6.45, 7) is 5.65. The molecule has 6 nitrogen and oxygen atoms in total. The smallest absolute Gasteiger partial charge is 0.225 e. The molecular weight excluding hydrogens is 367 g/mol. The Kier molecular flexibility index (Phi) is 4.99. The molecule has 144 valence electrons. The van der Waals surface area contributed by atoms with Gasteiger partial charge in [-0.3, -0.25) is 9.59 Å². The molecule has 1 aromatic heterocycles. The number of anilines is 1. The normalized spacial score (nSPS) is 19.0. The third-order valence-corrected chi connectivity index (χ3v) is 6.57. The quantitative estimate of drug-likeness (QED) is 0.790. The molecule has 2 aliphatic rings. The Hall–Kier alpha value is -2.22. The van der Waals surface area contributed by atoms with Gasteiger partial charge in [-0.05, 0) is 31.0 Å². The van der Waals surface area contributed by atoms with Gasteiger partial charge in [0, 0.05) is 52.1 Å². The molecule has 4 rings (SSSR count). The predicted octanol–water partition coefficient (Wildman–Crippen LogP) is 2.34. The van der Waals surface area contributed by atoms with E-state index >= 15 is 0 Å². The number of carbonyl (C=O) groups is 2. The first-order valence-corrected chi connectivity index (χ1v) is 10.2. The first-order chi connectivity index (χ1) is 13.0. The van der Waals surface area contributed by atoms with Crippen LogP contribution in [0, 0.1) is 11.7 Å². The second-order valence-corrected chi connectivity index (χ2v) is 8.21. The van der Waals surface area contributed by atoms with Crippen LogP contribution >= 0.6 is 11.3 Å². The molecule has 0 radical (unpaired) electrons. The van der Waals surface area contributed by atoms with E-state index < -0.39 is 0 Å². The number of fused-ring (bicyclic) bond motifs is 1. The van der Waals surface area contributed by atoms with Gasteiger partial charge >= 0.3 is 0 Å². The lowest BCUT2D eigenvalue weighted by Gasteiger charge is -2.38. The van der Waals surface area contributed by atoms with E-state index in [1.807, 2.05) is 4.90 Å². The van der Waals surface area contributed by atoms with Gasteiger partial charge in [0.2, 0.25) is 11.8 Å². The average Bonchev–Trinajstić information content (AvgIpc) is 3.11. The molecule has 0 saturated carbocycles. The fraction of sp³-hybridized carbons (Fsp3) is 0.526. The lowest BCUT2D eigenvalue weighted by molar-refractivity contribution is -0.141. The number of aromatic nitrogens is 1. The van der Waals surface area contributed by atoms with Crippen molar-refractivity contribution in [2.75, 3.05) is 44.2 Å². The average molecular weight is 390 g/mol. The number of carbonyl (C=O) groups excluding carboxylic acids is 2. The Labute approximate surface area is 161 Å². The fourth-order valence-corrected chi connectivity index (χ4v) is 4.88. The third-order valence-electron chi connectivity index (χ3n) is 5.49. The largest absolute Gasteiger partial charge is 0.348 e. The monoisotopic (exact) mass is 390 g/mol. The van der Waals surface area contributed by atoms with Crippen LogP contribution in [-0.2, 0) is 9.59 Å². The van der Waals surface area contributed by atoms with Crippen LogP contribution < -0.4 is 4.90 Å². The second-order valence-electron chi connectivity index (χ2n) is 7.20. The summed E-state index contributed by atoms with van der Waals surface area (Å²) in [5, 5.41) is 0.900. The molecule has 1 aromatic carbocycles. The van der Waals surface area contributed by atoms with Gasteiger partial charge in [-0.2, -0.15) is 0 Å². The number of piperazine rings is 1. The summed E-state index contributed by atoms with van der Waals surface area (Å²) in [6.07, 6.45) is 1.60. The standard InChI is InChI=1S/C19H23FN4O2S/c1-13(25)22-8-10-23(11-9-22)18(26)14-4-6-24(7-5-14)19-21-16-3-2-15(20)12-17(16)27-19/h2-3,12,14H,4-11H2,1H3. The van der Waals surface area contributed by atoms with Gasteiger partial charge in [-0.15, -0.1) is 0 Å². The molecule has 0 atom stereocenters. The summed E-state index contributed by atoms with van der Waals surface area (Å²) < 4.78 is 14.2. The molecule has 27 heavy (non-hydrogen) atoms. The number of piperidine rings is 1. The Morgan fingerprint density at radius 1 is 1.07 bits per heavy atom. The van der Waals surface area contributed by atoms with Crippen molar-refractivity contribution in [1.29, 1.82) is 0 Å². The van der Waals surface area contributed by atoms with Gasteiger partial charge in [0.1, 0.15) is 5.82 Å². The van der Waals surface area contributed by atoms with Crippen LogP contribution in [0.2, 0.25) is 0 Å². The maximum absolute atomic E-state index is 13.4. The second kappa shape index (κ2) is 7.42. The molecule has 0 spiro atoms. The fourth-order valence-electron chi connectivity index (χ4n) is 3.84. The van der Waals surface area contributed by atoms with E-state index in [-0.39, 0.29) is 23.5 Å². The first-order valence-electron chi connectivity index (χ1n) is 9.36. The number of thiazole rings is 1. The molecule has 3 heterocycles. The molecule has 0 unspecified atom stereocenters. The summed E-state index contributed by atoms with van der Waals surface area (Å²) in [6, 6.07) is 4.66. The molecular formula is C19H23FN4O2S. The van der Waals surface area contributed by atoms with Crippen molar-refractivity contribution in [2.24, 2.45) is 5.92 Å². The zero-order valence-corrected chi connectivity index (χ0v) is 16.2. The zero-order chi connectivity index (χ0) is 19.0. The Morgan fingerprint density at radius 3 is 2.41 bits per heavy atom. The summed E-state index contributed by atoms with van der Waals surface area (Å²) in [5.41, 5.74) is 0.818. The Bertz CT molecular complexity index is 855. The highest BCUT2D eigenvalue weighted by atomic mass is 32.1. The molecule has 2 aliphatic heterocycles. The van der Waals surface area contributed by atoms with E-state index in [0.29, 0.717) is 26.2 Å². The molecule has 8 heteroatoms. The summed E-state index contributed by atoms with van der Waals surface area (Å²) >= 11 is 1.50. The molecule has 0 aliphatic carbocycles. The molecule has 2 fully saturated rings. The van der Waals surface area contributed by atoms with Gasteiger partial charge in [-0.25, -0.2) is 9.37 Å². The first kappa shape index (κ1) is 18.2. The minimum absolute atomic E-state index is 0.0388. The third kappa shape index (κ3) is 3.76. The van der Waals surface area contributed by atoms with E-state index in [4.69, 9.17) is 0 Å². The minimum Gasteiger partial charge on any atom is -0.348 e. The molecule has 0 N–H and O–H groups in total. The Morgan fingerprint density at radius 2 is 1.74 bits per heavy atom. The highest BCUT2D eigenvalue weighted by molar-refractivity contribution is 7.22. The van der Waals surface area contributed by atoms with Gasteiger partial charge in [0.25, 0.3) is 0 Å². The van der Waals surface area contributed by atoms with Crippen molar-refractivity contribution in [2.45, 2.75) is 19.8 Å². The summed E-state index contributed by atoms with van der Waals surface area (Å²) in [4.78, 5) is 34.7. The van der Waals surface area contributed by atoms with Gasteiger partial charge in [0.15, 0.2) is 5.13 Å². The number of hydrogen-bond acceptors (Lipinski definition) is 5. The van der Waals surface area contributed by atoms with Gasteiger partial charge in [0.05, 0.1) is 10.2 Å². The van der Waals surface area contributed by atoms with Crippen molar-refractivity contribution in [3.8, 4) is 0 Å². The van der Waals surface area contributed by atoms with Crippen LogP contribution in [0.3, 0.4) is 0 Å². The molecule has 0 bridgehead atoms. The maximum atomic E-state index is 13.4. The van der Waals surface area contributed by atoms with Crippen LogP contribution in [-0.4, -0.2) is 65.9 Å². The molecule has 2 amide bonds. The van der Waals surface area contributed by atoms with Gasteiger partial charge in [-0.1, -0.05) is 11.3 Å². The molecule has 2 aromatic rings. The Balaban J connectivity index is 1.34. The number of amides is 2. The highest BCUT2D eigenvalue weighted by Gasteiger charge is 2.31. The number of hydrogen-bond donors (Lipinski definition) is 0. The zero-order valence-electron chi connectivity index (χ0n) is 15.4. The van der Waals surface area contributed by atoms with Crippen molar-refractivity contribution >= 4 is 38.5 Å². The number of rotatable bonds is 2. The van der Waals surface area contributed by atoms with Crippen LogP contribution in [0.15, 0.2) is 18.2 Å². The van der Waals surface area contributed by atoms with Crippen LogP contribution in [0.25, 0.3) is 10.2 Å². The van der Waals surface area contributed by atoms with E-state index in [1.54, 1.807) is 17.9 Å². The van der Waals surface area contributed by atoms with E-state index in [0.717, 1.165) is 41.3 Å². The highest BCUT2D eigenvalue weighted by Crippen LogP contribution is 2.32. The van der Waals surface area contributed by atoms with Crippen molar-refractivity contribution in [3.05, 3.63) is 24.0 Å². The number of benzene rings is 1. The lowest BCUT2D eigenvalue weighted by Crippen LogP contribution is -2.52. The van der Waals surface area contributed by atoms with Crippen LogP contribution in [0.1, 0.15) is 19.8 Å². The van der Waals surface area contributed by atoms with Gasteiger partial charge < -0.3 is 14.7 Å². The maximum Gasteiger partial charge on any atom is 0.225 e. The van der Waals surface area contributed by atoms with E-state index in [1.165, 1.54) is 23.5 Å². The SMILES string of the molecule is CC(=O)N1CCN(C(=O)C2CCN(c3nc4ccc(F)cc4s3)CC2)CC1. The van der Waals surface area contributed by atoms with Crippen molar-refractivity contribution in [3.63, 3.8) is 0 Å². The number of nitrogens with zero attached hydrogens (tertiary/aromatic N) is 4. The summed E-state index contributed by atoms with van der Waals surface area (Å²) in [7, 11) is 0. The van der Waals surface area contributed by atoms with Crippen molar-refractivity contribution in [1.82, 2.24) is 14.8 Å². The number of halogens is 1. The van der Waals surface area contributed by atoms with E-state index in [2.05, 4.69) is 9.88 Å². The van der Waals surface area contributed by atoms with Crippen LogP contribution in [0.5, 0.6) is 0 Å².